The molecule has 76 valence electrons. The molecule has 3 nitrogen and oxygen atoms in total. The Morgan fingerprint density at radius 3 is 2.53 bits per heavy atom. The van der Waals surface area contributed by atoms with E-state index < -0.39 is 5.97 Å². The third kappa shape index (κ3) is 1.51. The van der Waals surface area contributed by atoms with E-state index in [1.165, 1.54) is 12.1 Å². The van der Waals surface area contributed by atoms with E-state index in [4.69, 9.17) is 16.7 Å². The molecule has 2 aromatic rings. The minimum absolute atomic E-state index is 0.0493. The number of benzene rings is 2. The molecule has 0 aromatic heterocycles. The zero-order valence-electron chi connectivity index (χ0n) is 7.57. The molecule has 0 atom stereocenters. The SMILES string of the molecule is O=C(O)c1cccc2c(Cl)c(O)ccc12. The Bertz CT molecular complexity index is 549. The largest absolute Gasteiger partial charge is 0.506 e. The normalized spacial score (nSPS) is 10.5. The summed E-state index contributed by atoms with van der Waals surface area (Å²) in [5.74, 6) is -1.06. The van der Waals surface area contributed by atoms with Gasteiger partial charge in [0.1, 0.15) is 5.75 Å². The van der Waals surface area contributed by atoms with Gasteiger partial charge in [0.2, 0.25) is 0 Å². The van der Waals surface area contributed by atoms with Crippen molar-refractivity contribution >= 4 is 28.3 Å². The molecule has 0 aliphatic rings. The highest BCUT2D eigenvalue weighted by Gasteiger charge is 2.11. The Morgan fingerprint density at radius 2 is 1.87 bits per heavy atom. The molecule has 0 bridgehead atoms. The van der Waals surface area contributed by atoms with Gasteiger partial charge in [-0.2, -0.15) is 0 Å². The second-order valence-corrected chi connectivity index (χ2v) is 3.48. The predicted molar refractivity (Wildman–Crippen MR) is 57.6 cm³/mol. The average Bonchev–Trinajstić information content (AvgIpc) is 2.23. The number of aromatic carboxylic acids is 1. The topological polar surface area (TPSA) is 57.5 Å². The number of hydrogen-bond acceptors (Lipinski definition) is 2. The number of hydrogen-bond donors (Lipinski definition) is 2. The Labute approximate surface area is 90.5 Å². The molecule has 0 spiro atoms. The molecule has 0 fully saturated rings. The van der Waals surface area contributed by atoms with Crippen LogP contribution >= 0.6 is 11.6 Å². The summed E-state index contributed by atoms with van der Waals surface area (Å²) in [6.07, 6.45) is 0. The fraction of sp³-hybridized carbons (Fsp3) is 0. The van der Waals surface area contributed by atoms with Crippen LogP contribution < -0.4 is 0 Å². The van der Waals surface area contributed by atoms with Gasteiger partial charge in [0, 0.05) is 5.39 Å². The molecule has 0 amide bonds. The lowest BCUT2D eigenvalue weighted by atomic mass is 10.0. The molecule has 0 aliphatic carbocycles. The van der Waals surface area contributed by atoms with Gasteiger partial charge in [0.05, 0.1) is 10.6 Å². The van der Waals surface area contributed by atoms with E-state index in [0.29, 0.717) is 10.8 Å². The van der Waals surface area contributed by atoms with Crippen molar-refractivity contribution in [3.63, 3.8) is 0 Å². The Morgan fingerprint density at radius 1 is 1.13 bits per heavy atom. The second kappa shape index (κ2) is 3.44. The molecule has 0 unspecified atom stereocenters. The van der Waals surface area contributed by atoms with Gasteiger partial charge in [-0.15, -0.1) is 0 Å². The summed E-state index contributed by atoms with van der Waals surface area (Å²) in [6.45, 7) is 0. The summed E-state index contributed by atoms with van der Waals surface area (Å²) in [6, 6.07) is 7.69. The van der Waals surface area contributed by atoms with Gasteiger partial charge < -0.3 is 10.2 Å². The minimum Gasteiger partial charge on any atom is -0.506 e. The standard InChI is InChI=1S/C11H7ClO3/c12-10-7-2-1-3-8(11(14)15)6(7)4-5-9(10)13/h1-5,13H,(H,14,15). The Hall–Kier alpha value is -1.74. The quantitative estimate of drug-likeness (QED) is 0.780. The number of carbonyl (C=O) groups is 1. The monoisotopic (exact) mass is 222 g/mol. The highest BCUT2D eigenvalue weighted by Crippen LogP contribution is 2.33. The van der Waals surface area contributed by atoms with Gasteiger partial charge in [-0.25, -0.2) is 4.79 Å². The lowest BCUT2D eigenvalue weighted by Gasteiger charge is -2.05. The zero-order chi connectivity index (χ0) is 11.0. The van der Waals surface area contributed by atoms with E-state index >= 15 is 0 Å². The summed E-state index contributed by atoms with van der Waals surface area (Å²) in [5.41, 5.74) is 0.175. The molecule has 0 saturated carbocycles. The Balaban J connectivity index is 2.89. The zero-order valence-corrected chi connectivity index (χ0v) is 8.32. The van der Waals surface area contributed by atoms with Crippen LogP contribution in [-0.2, 0) is 0 Å². The number of rotatable bonds is 1. The summed E-state index contributed by atoms with van der Waals surface area (Å²) < 4.78 is 0. The number of halogens is 1. The maximum absolute atomic E-state index is 10.9. The van der Waals surface area contributed by atoms with E-state index in [-0.39, 0.29) is 16.3 Å². The molecular formula is C11H7ClO3. The number of carboxylic acid groups (broad SMARTS) is 1. The van der Waals surface area contributed by atoms with E-state index in [1.54, 1.807) is 18.2 Å². The molecule has 0 radical (unpaired) electrons. The van der Waals surface area contributed by atoms with Gasteiger partial charge in [-0.1, -0.05) is 23.7 Å². The number of aromatic hydroxyl groups is 1. The molecule has 2 N–H and O–H groups in total. The van der Waals surface area contributed by atoms with Crippen molar-refractivity contribution in [3.05, 3.63) is 40.9 Å². The number of phenolic OH excluding ortho intramolecular Hbond substituents is 1. The number of fused-ring (bicyclic) bond motifs is 1. The van der Waals surface area contributed by atoms with Crippen LogP contribution in [0.15, 0.2) is 30.3 Å². The first-order valence-electron chi connectivity index (χ1n) is 4.25. The van der Waals surface area contributed by atoms with Crippen molar-refractivity contribution in [1.82, 2.24) is 0 Å². The van der Waals surface area contributed by atoms with Gasteiger partial charge in [-0.3, -0.25) is 0 Å². The first kappa shape index (κ1) is 9.80. The summed E-state index contributed by atoms with van der Waals surface area (Å²) in [5, 5.41) is 19.5. The number of carboxylic acids is 1. The predicted octanol–water partition coefficient (Wildman–Crippen LogP) is 2.90. The second-order valence-electron chi connectivity index (χ2n) is 3.10. The van der Waals surface area contributed by atoms with Crippen molar-refractivity contribution in [3.8, 4) is 5.75 Å². The maximum atomic E-state index is 10.9. The van der Waals surface area contributed by atoms with Gasteiger partial charge in [0.15, 0.2) is 0 Å². The van der Waals surface area contributed by atoms with E-state index in [1.807, 2.05) is 0 Å². The third-order valence-electron chi connectivity index (χ3n) is 2.21. The van der Waals surface area contributed by atoms with Crippen molar-refractivity contribution < 1.29 is 15.0 Å². The fourth-order valence-electron chi connectivity index (χ4n) is 1.50. The van der Waals surface area contributed by atoms with Crippen molar-refractivity contribution in [1.29, 1.82) is 0 Å². The van der Waals surface area contributed by atoms with Crippen molar-refractivity contribution in [2.24, 2.45) is 0 Å². The van der Waals surface area contributed by atoms with Crippen molar-refractivity contribution in [2.45, 2.75) is 0 Å². The van der Waals surface area contributed by atoms with Crippen molar-refractivity contribution in [2.75, 3.05) is 0 Å². The molecular weight excluding hydrogens is 216 g/mol. The van der Waals surface area contributed by atoms with Gasteiger partial charge in [-0.05, 0) is 23.6 Å². The molecule has 4 heteroatoms. The van der Waals surface area contributed by atoms with Gasteiger partial charge in [0.25, 0.3) is 0 Å². The molecule has 0 aliphatic heterocycles. The molecule has 0 saturated heterocycles. The third-order valence-corrected chi connectivity index (χ3v) is 2.60. The lowest BCUT2D eigenvalue weighted by molar-refractivity contribution is 0.0699. The minimum atomic E-state index is -1.01. The van der Waals surface area contributed by atoms with Crippen LogP contribution in [0, 0.1) is 0 Å². The number of phenols is 1. The highest BCUT2D eigenvalue weighted by atomic mass is 35.5. The first-order chi connectivity index (χ1) is 7.11. The fourth-order valence-corrected chi connectivity index (χ4v) is 1.72. The lowest BCUT2D eigenvalue weighted by Crippen LogP contribution is -1.96. The van der Waals surface area contributed by atoms with Crippen LogP contribution in [0.2, 0.25) is 5.02 Å². The van der Waals surface area contributed by atoms with Crippen LogP contribution in [0.4, 0.5) is 0 Å². The smallest absolute Gasteiger partial charge is 0.336 e. The molecule has 2 rings (SSSR count). The molecule has 15 heavy (non-hydrogen) atoms. The van der Waals surface area contributed by atoms with Crippen LogP contribution in [0.1, 0.15) is 10.4 Å². The molecule has 2 aromatic carbocycles. The van der Waals surface area contributed by atoms with E-state index in [2.05, 4.69) is 0 Å². The van der Waals surface area contributed by atoms with E-state index in [0.717, 1.165) is 0 Å². The molecule has 0 heterocycles. The Kier molecular flexibility index (Phi) is 2.25. The van der Waals surface area contributed by atoms with Gasteiger partial charge >= 0.3 is 5.97 Å². The average molecular weight is 223 g/mol. The van der Waals surface area contributed by atoms with E-state index in [9.17, 15) is 9.90 Å². The van der Waals surface area contributed by atoms with Crippen LogP contribution in [0.25, 0.3) is 10.8 Å². The summed E-state index contributed by atoms with van der Waals surface area (Å²) in [7, 11) is 0. The van der Waals surface area contributed by atoms with Crippen LogP contribution in [0.3, 0.4) is 0 Å². The highest BCUT2D eigenvalue weighted by molar-refractivity contribution is 6.37. The first-order valence-corrected chi connectivity index (χ1v) is 4.62. The summed E-state index contributed by atoms with van der Waals surface area (Å²) in [4.78, 5) is 10.9. The summed E-state index contributed by atoms with van der Waals surface area (Å²) >= 11 is 5.86. The van der Waals surface area contributed by atoms with Crippen LogP contribution in [-0.4, -0.2) is 16.2 Å². The maximum Gasteiger partial charge on any atom is 0.336 e. The van der Waals surface area contributed by atoms with Crippen LogP contribution in [0.5, 0.6) is 5.75 Å².